The maximum Gasteiger partial charge on any atom is 0.192 e. The van der Waals surface area contributed by atoms with Crippen LogP contribution in [0.2, 0.25) is 0 Å². The first-order chi connectivity index (χ1) is 5.29. The Balaban J connectivity index is 2.92. The Morgan fingerprint density at radius 1 is 1.36 bits per heavy atom. The predicted octanol–water partition coefficient (Wildman–Crippen LogP) is 1.65. The van der Waals surface area contributed by atoms with E-state index in [1.165, 1.54) is 0 Å². The number of aromatic nitrogens is 4. The fourth-order valence-corrected chi connectivity index (χ4v) is 1.44. The van der Waals surface area contributed by atoms with Gasteiger partial charge in [0.25, 0.3) is 0 Å². The topological polar surface area (TPSA) is 43.1 Å². The lowest BCUT2D eigenvalue weighted by molar-refractivity contribution is 0.882. The monoisotopic (exact) mass is 276 g/mol. The van der Waals surface area contributed by atoms with Gasteiger partial charge in [-0.25, -0.2) is 4.52 Å². The third-order valence-corrected chi connectivity index (χ3v) is 3.03. The van der Waals surface area contributed by atoms with Crippen LogP contribution < -0.4 is 0 Å². The van der Waals surface area contributed by atoms with Crippen molar-refractivity contribution >= 4 is 37.5 Å². The number of nitrogens with zero attached hydrogens (tertiary/aromatic N) is 4. The highest BCUT2D eigenvalue weighted by molar-refractivity contribution is 9.13. The van der Waals surface area contributed by atoms with Crippen molar-refractivity contribution in [2.24, 2.45) is 0 Å². The van der Waals surface area contributed by atoms with E-state index < -0.39 is 0 Å². The van der Waals surface area contributed by atoms with Gasteiger partial charge in [0.05, 0.1) is 16.9 Å². The summed E-state index contributed by atoms with van der Waals surface area (Å²) in [6, 6.07) is 0. The van der Waals surface area contributed by atoms with Gasteiger partial charge < -0.3 is 0 Å². The molecule has 4 nitrogen and oxygen atoms in total. The van der Waals surface area contributed by atoms with Crippen LogP contribution in [0, 0.1) is 0 Å². The molecule has 0 amide bonds. The van der Waals surface area contributed by atoms with E-state index in [-0.39, 0.29) is 0 Å². The fraction of sp³-hybridized carbons (Fsp3) is 0. The van der Waals surface area contributed by atoms with Crippen molar-refractivity contribution in [3.63, 3.8) is 0 Å². The number of rotatable bonds is 0. The lowest BCUT2D eigenvalue weighted by Crippen LogP contribution is -1.89. The minimum atomic E-state index is 0.708. The van der Waals surface area contributed by atoms with Crippen molar-refractivity contribution in [1.29, 1.82) is 0 Å². The molecule has 6 heteroatoms. The maximum atomic E-state index is 4.10. The summed E-state index contributed by atoms with van der Waals surface area (Å²) < 4.78 is 3.20. The zero-order chi connectivity index (χ0) is 7.84. The summed E-state index contributed by atoms with van der Waals surface area (Å²) in [7, 11) is 0. The van der Waals surface area contributed by atoms with Crippen molar-refractivity contribution in [1.82, 2.24) is 19.8 Å². The molecule has 0 atom stereocenters. The van der Waals surface area contributed by atoms with Crippen LogP contribution >= 0.6 is 31.9 Å². The summed E-state index contributed by atoms with van der Waals surface area (Å²) in [4.78, 5) is 0. The van der Waals surface area contributed by atoms with Crippen molar-refractivity contribution in [3.05, 3.63) is 21.5 Å². The second kappa shape index (κ2) is 2.53. The number of fused-ring (bicyclic) bond motifs is 1. The van der Waals surface area contributed by atoms with E-state index in [0.29, 0.717) is 5.65 Å². The van der Waals surface area contributed by atoms with Gasteiger partial charge >= 0.3 is 0 Å². The van der Waals surface area contributed by atoms with Crippen LogP contribution in [-0.2, 0) is 0 Å². The molecule has 0 spiro atoms. The Morgan fingerprint density at radius 2 is 2.18 bits per heavy atom. The van der Waals surface area contributed by atoms with Crippen molar-refractivity contribution in [2.75, 3.05) is 0 Å². The molecular formula is C5H2Br2N4. The molecule has 0 aromatic carbocycles. The van der Waals surface area contributed by atoms with Crippen molar-refractivity contribution < 1.29 is 0 Å². The molecule has 2 rings (SSSR count). The molecule has 0 unspecified atom stereocenters. The Morgan fingerprint density at radius 3 is 2.91 bits per heavy atom. The molecule has 0 radical (unpaired) electrons. The Kier molecular flexibility index (Phi) is 1.65. The molecule has 11 heavy (non-hydrogen) atoms. The molecule has 0 saturated carbocycles. The van der Waals surface area contributed by atoms with Gasteiger partial charge in [-0.15, -0.1) is 5.10 Å². The van der Waals surface area contributed by atoms with Gasteiger partial charge in [0.1, 0.15) is 4.60 Å². The molecule has 0 N–H and O–H groups in total. The van der Waals surface area contributed by atoms with Crippen LogP contribution in [0.4, 0.5) is 0 Å². The zero-order valence-electron chi connectivity index (χ0n) is 5.20. The van der Waals surface area contributed by atoms with Gasteiger partial charge in [0.15, 0.2) is 5.65 Å². The summed E-state index contributed by atoms with van der Waals surface area (Å²) in [5, 5.41) is 11.7. The average Bonchev–Trinajstić information content (AvgIpc) is 2.30. The smallest absolute Gasteiger partial charge is 0.192 e. The molecule has 2 aromatic rings. The first-order valence-electron chi connectivity index (χ1n) is 2.80. The fourth-order valence-electron chi connectivity index (χ4n) is 0.753. The van der Waals surface area contributed by atoms with E-state index >= 15 is 0 Å². The van der Waals surface area contributed by atoms with Crippen LogP contribution in [-0.4, -0.2) is 19.8 Å². The normalized spacial score (nSPS) is 10.7. The molecule has 0 saturated heterocycles. The van der Waals surface area contributed by atoms with E-state index in [1.54, 1.807) is 16.9 Å². The SMILES string of the molecule is Brc1nn2ccnnc2c1Br. The van der Waals surface area contributed by atoms with Gasteiger partial charge in [0, 0.05) is 0 Å². The highest BCUT2D eigenvalue weighted by Crippen LogP contribution is 2.24. The molecular weight excluding hydrogens is 276 g/mol. The lowest BCUT2D eigenvalue weighted by atomic mass is 10.7. The predicted molar refractivity (Wildman–Crippen MR) is 46.2 cm³/mol. The zero-order valence-corrected chi connectivity index (χ0v) is 8.37. The molecule has 0 aliphatic rings. The van der Waals surface area contributed by atoms with Crippen LogP contribution in [0.5, 0.6) is 0 Å². The Bertz CT molecular complexity index is 396. The summed E-state index contributed by atoms with van der Waals surface area (Å²) >= 11 is 6.58. The average molecular weight is 278 g/mol. The van der Waals surface area contributed by atoms with Gasteiger partial charge in [-0.1, -0.05) is 0 Å². The largest absolute Gasteiger partial charge is 0.217 e. The van der Waals surface area contributed by atoms with E-state index in [0.717, 1.165) is 9.08 Å². The molecule has 2 heterocycles. The molecule has 2 aromatic heterocycles. The van der Waals surface area contributed by atoms with Gasteiger partial charge in [-0.3, -0.25) is 0 Å². The number of hydrogen-bond donors (Lipinski definition) is 0. The molecule has 0 aliphatic heterocycles. The third kappa shape index (κ3) is 1.06. The van der Waals surface area contributed by atoms with E-state index in [9.17, 15) is 0 Å². The highest BCUT2D eigenvalue weighted by Gasteiger charge is 2.07. The minimum Gasteiger partial charge on any atom is -0.217 e. The van der Waals surface area contributed by atoms with Gasteiger partial charge in [-0.05, 0) is 31.9 Å². The van der Waals surface area contributed by atoms with E-state index in [2.05, 4.69) is 47.2 Å². The molecule has 0 aliphatic carbocycles. The second-order valence-electron chi connectivity index (χ2n) is 1.89. The number of halogens is 2. The molecule has 56 valence electrons. The molecule has 0 bridgehead atoms. The van der Waals surface area contributed by atoms with E-state index in [4.69, 9.17) is 0 Å². The second-order valence-corrected chi connectivity index (χ2v) is 3.43. The Labute approximate surface area is 78.9 Å². The van der Waals surface area contributed by atoms with Gasteiger partial charge in [0.2, 0.25) is 0 Å². The first-order valence-corrected chi connectivity index (χ1v) is 4.38. The van der Waals surface area contributed by atoms with E-state index in [1.807, 2.05) is 0 Å². The summed E-state index contributed by atoms with van der Waals surface area (Å²) in [5.74, 6) is 0. The Hall–Kier alpha value is -0.490. The molecule has 0 fully saturated rings. The van der Waals surface area contributed by atoms with Crippen LogP contribution in [0.3, 0.4) is 0 Å². The summed E-state index contributed by atoms with van der Waals surface area (Å²) in [5.41, 5.74) is 0.708. The highest BCUT2D eigenvalue weighted by atomic mass is 79.9. The third-order valence-electron chi connectivity index (χ3n) is 1.22. The standard InChI is InChI=1S/C5H2Br2N4/c6-3-4(7)10-11-2-1-8-9-5(3)11/h1-2H. The summed E-state index contributed by atoms with van der Waals surface area (Å²) in [6.45, 7) is 0. The number of hydrogen-bond acceptors (Lipinski definition) is 3. The summed E-state index contributed by atoms with van der Waals surface area (Å²) in [6.07, 6.45) is 3.32. The quantitative estimate of drug-likeness (QED) is 0.735. The van der Waals surface area contributed by atoms with Crippen molar-refractivity contribution in [3.8, 4) is 0 Å². The van der Waals surface area contributed by atoms with Crippen LogP contribution in [0.25, 0.3) is 5.65 Å². The first kappa shape index (κ1) is 7.17. The van der Waals surface area contributed by atoms with Gasteiger partial charge in [-0.2, -0.15) is 10.2 Å². The minimum absolute atomic E-state index is 0.708. The maximum absolute atomic E-state index is 4.10. The van der Waals surface area contributed by atoms with Crippen LogP contribution in [0.15, 0.2) is 21.5 Å². The lowest BCUT2D eigenvalue weighted by Gasteiger charge is -1.86. The van der Waals surface area contributed by atoms with Crippen LogP contribution in [0.1, 0.15) is 0 Å². The van der Waals surface area contributed by atoms with Crippen molar-refractivity contribution in [2.45, 2.75) is 0 Å².